The van der Waals surface area contributed by atoms with Crippen molar-refractivity contribution in [2.45, 2.75) is 33.2 Å². The lowest BCUT2D eigenvalue weighted by molar-refractivity contribution is 0.156. The summed E-state index contributed by atoms with van der Waals surface area (Å²) in [6, 6.07) is 6.16. The molecule has 2 aliphatic heterocycles. The maximum atomic E-state index is 5.63. The number of hydrogen-bond acceptors (Lipinski definition) is 4. The highest BCUT2D eigenvalue weighted by molar-refractivity contribution is 14.0. The van der Waals surface area contributed by atoms with E-state index in [0.717, 1.165) is 61.5 Å². The molecule has 4 heterocycles. The van der Waals surface area contributed by atoms with Gasteiger partial charge in [0.2, 0.25) is 0 Å². The predicted molar refractivity (Wildman–Crippen MR) is 121 cm³/mol. The third kappa shape index (κ3) is 4.32. The molecule has 0 aliphatic carbocycles. The van der Waals surface area contributed by atoms with Gasteiger partial charge >= 0.3 is 0 Å². The van der Waals surface area contributed by atoms with Gasteiger partial charge in [-0.2, -0.15) is 5.10 Å². The lowest BCUT2D eigenvalue weighted by Crippen LogP contribution is -2.41. The van der Waals surface area contributed by atoms with E-state index in [0.29, 0.717) is 12.0 Å². The number of guanidine groups is 1. The Kier molecular flexibility index (Phi) is 6.59. The second kappa shape index (κ2) is 8.77. The molecule has 1 spiro atoms. The average Bonchev–Trinajstić information content (AvgIpc) is 3.38. The molecule has 0 bridgehead atoms. The molecule has 2 aromatic rings. The summed E-state index contributed by atoms with van der Waals surface area (Å²) in [5.41, 5.74) is 3.55. The molecule has 0 aromatic carbocycles. The average molecular weight is 496 g/mol. The topological polar surface area (TPSA) is 67.6 Å². The first kappa shape index (κ1) is 21.0. The summed E-state index contributed by atoms with van der Waals surface area (Å²) in [5.74, 6) is 1.80. The molecule has 1 N–H and O–H groups in total. The Labute approximate surface area is 183 Å². The molecule has 2 aliphatic rings. The third-order valence-corrected chi connectivity index (χ3v) is 5.62. The first-order valence-electron chi connectivity index (χ1n) is 9.60. The van der Waals surface area contributed by atoms with E-state index in [1.807, 2.05) is 37.8 Å². The van der Waals surface area contributed by atoms with Crippen molar-refractivity contribution in [2.75, 3.05) is 33.4 Å². The number of aryl methyl sites for hydroxylation is 2. The predicted octanol–water partition coefficient (Wildman–Crippen LogP) is 2.69. The molecule has 4 rings (SSSR count). The summed E-state index contributed by atoms with van der Waals surface area (Å²) in [7, 11) is 1.85. The van der Waals surface area contributed by atoms with E-state index in [1.165, 1.54) is 6.42 Å². The van der Waals surface area contributed by atoms with Gasteiger partial charge in [-0.1, -0.05) is 6.07 Å². The SMILES string of the molecule is CN=C(NCc1ccc(-n2nc(C)cc2C)nc1)N1CCC2(CCOC2)C1.I. The Balaban J connectivity index is 0.00000225. The van der Waals surface area contributed by atoms with Crippen LogP contribution in [0.4, 0.5) is 0 Å². The van der Waals surface area contributed by atoms with Crippen LogP contribution in [0.2, 0.25) is 0 Å². The lowest BCUT2D eigenvalue weighted by Gasteiger charge is -2.25. The molecule has 1 unspecified atom stereocenters. The highest BCUT2D eigenvalue weighted by atomic mass is 127. The molecule has 8 heteroatoms. The van der Waals surface area contributed by atoms with E-state index in [1.54, 1.807) is 0 Å². The monoisotopic (exact) mass is 496 g/mol. The molecule has 0 saturated carbocycles. The van der Waals surface area contributed by atoms with Crippen molar-refractivity contribution in [1.82, 2.24) is 25.0 Å². The van der Waals surface area contributed by atoms with Crippen LogP contribution < -0.4 is 5.32 Å². The summed E-state index contributed by atoms with van der Waals surface area (Å²) < 4.78 is 7.50. The van der Waals surface area contributed by atoms with Gasteiger partial charge in [0.15, 0.2) is 11.8 Å². The maximum Gasteiger partial charge on any atom is 0.193 e. The molecule has 152 valence electrons. The second-order valence-electron chi connectivity index (χ2n) is 7.74. The van der Waals surface area contributed by atoms with Crippen molar-refractivity contribution in [3.8, 4) is 5.82 Å². The smallest absolute Gasteiger partial charge is 0.193 e. The van der Waals surface area contributed by atoms with E-state index in [4.69, 9.17) is 4.74 Å². The Morgan fingerprint density at radius 2 is 2.18 bits per heavy atom. The largest absolute Gasteiger partial charge is 0.381 e. The fourth-order valence-corrected chi connectivity index (χ4v) is 4.11. The van der Waals surface area contributed by atoms with Crippen LogP contribution in [0, 0.1) is 19.3 Å². The molecule has 0 radical (unpaired) electrons. The van der Waals surface area contributed by atoms with Crippen molar-refractivity contribution in [1.29, 1.82) is 0 Å². The van der Waals surface area contributed by atoms with Crippen molar-refractivity contribution in [3.63, 3.8) is 0 Å². The van der Waals surface area contributed by atoms with Gasteiger partial charge in [-0.05, 0) is 44.4 Å². The van der Waals surface area contributed by atoms with Crippen molar-refractivity contribution in [3.05, 3.63) is 41.3 Å². The standard InChI is InChI=1S/C20H28N6O.HI/c1-15-10-16(2)26(24-15)18-5-4-17(11-22-18)12-23-19(21-3)25-8-6-20(13-25)7-9-27-14-20;/h4-5,10-11H,6-9,12-14H2,1-3H3,(H,21,23);1H. The van der Waals surface area contributed by atoms with Crippen LogP contribution in [0.5, 0.6) is 0 Å². The number of ether oxygens (including phenoxy) is 1. The number of rotatable bonds is 3. The number of halogens is 1. The van der Waals surface area contributed by atoms with Crippen molar-refractivity contribution in [2.24, 2.45) is 10.4 Å². The highest BCUT2D eigenvalue weighted by Gasteiger charge is 2.42. The van der Waals surface area contributed by atoms with Crippen LogP contribution in [0.1, 0.15) is 29.8 Å². The second-order valence-corrected chi connectivity index (χ2v) is 7.74. The third-order valence-electron chi connectivity index (χ3n) is 5.62. The zero-order valence-electron chi connectivity index (χ0n) is 16.8. The number of nitrogens with zero attached hydrogens (tertiary/aromatic N) is 5. The number of aromatic nitrogens is 3. The summed E-state index contributed by atoms with van der Waals surface area (Å²) in [4.78, 5) is 11.4. The first-order chi connectivity index (χ1) is 13.1. The molecule has 7 nitrogen and oxygen atoms in total. The van der Waals surface area contributed by atoms with Crippen molar-refractivity contribution >= 4 is 29.9 Å². The zero-order chi connectivity index (χ0) is 18.9. The number of hydrogen-bond donors (Lipinski definition) is 1. The van der Waals surface area contributed by atoms with Gasteiger partial charge in [0.1, 0.15) is 0 Å². The number of aliphatic imine (C=N–C) groups is 1. The maximum absolute atomic E-state index is 5.63. The van der Waals surface area contributed by atoms with Crippen LogP contribution in [0.15, 0.2) is 29.4 Å². The molecular weight excluding hydrogens is 467 g/mol. The zero-order valence-corrected chi connectivity index (χ0v) is 19.1. The minimum atomic E-state index is 0. The lowest BCUT2D eigenvalue weighted by atomic mass is 9.87. The summed E-state index contributed by atoms with van der Waals surface area (Å²) in [6.45, 7) is 8.59. The van der Waals surface area contributed by atoms with Crippen LogP contribution in [0.3, 0.4) is 0 Å². The van der Waals surface area contributed by atoms with Crippen molar-refractivity contribution < 1.29 is 4.74 Å². The molecule has 2 aromatic heterocycles. The van der Waals surface area contributed by atoms with Crippen LogP contribution in [-0.4, -0.2) is 59.0 Å². The van der Waals surface area contributed by atoms with Crippen LogP contribution in [-0.2, 0) is 11.3 Å². The number of pyridine rings is 1. The van der Waals surface area contributed by atoms with Gasteiger partial charge in [0.05, 0.1) is 12.3 Å². The van der Waals surface area contributed by atoms with E-state index in [9.17, 15) is 0 Å². The van der Waals surface area contributed by atoms with Gasteiger partial charge in [0.25, 0.3) is 0 Å². The normalized spacial score (nSPS) is 22.0. The molecule has 1 atom stereocenters. The summed E-state index contributed by atoms with van der Waals surface area (Å²) in [5, 5.41) is 7.97. The quantitative estimate of drug-likeness (QED) is 0.402. The summed E-state index contributed by atoms with van der Waals surface area (Å²) in [6.07, 6.45) is 4.26. The molecule has 2 saturated heterocycles. The Hall–Kier alpha value is -1.68. The minimum Gasteiger partial charge on any atom is -0.381 e. The highest BCUT2D eigenvalue weighted by Crippen LogP contribution is 2.38. The molecule has 28 heavy (non-hydrogen) atoms. The van der Waals surface area contributed by atoms with E-state index >= 15 is 0 Å². The van der Waals surface area contributed by atoms with Gasteiger partial charge in [-0.25, -0.2) is 9.67 Å². The molecule has 2 fully saturated rings. The van der Waals surface area contributed by atoms with Gasteiger partial charge < -0.3 is 15.0 Å². The Bertz CT molecular complexity index is 826. The van der Waals surface area contributed by atoms with Crippen LogP contribution in [0.25, 0.3) is 5.82 Å². The van der Waals surface area contributed by atoms with E-state index in [-0.39, 0.29) is 24.0 Å². The Morgan fingerprint density at radius 1 is 1.32 bits per heavy atom. The number of nitrogens with one attached hydrogen (secondary N) is 1. The van der Waals surface area contributed by atoms with Gasteiger partial charge in [0, 0.05) is 50.6 Å². The number of likely N-dealkylation sites (tertiary alicyclic amines) is 1. The van der Waals surface area contributed by atoms with Gasteiger partial charge in [-0.3, -0.25) is 4.99 Å². The molecule has 0 amide bonds. The fourth-order valence-electron chi connectivity index (χ4n) is 4.11. The summed E-state index contributed by atoms with van der Waals surface area (Å²) >= 11 is 0. The van der Waals surface area contributed by atoms with E-state index in [2.05, 4.69) is 37.4 Å². The van der Waals surface area contributed by atoms with E-state index < -0.39 is 0 Å². The fraction of sp³-hybridized carbons (Fsp3) is 0.550. The van der Waals surface area contributed by atoms with Gasteiger partial charge in [-0.15, -0.1) is 24.0 Å². The Morgan fingerprint density at radius 3 is 2.79 bits per heavy atom. The molecular formula is C20H29IN6O. The first-order valence-corrected chi connectivity index (χ1v) is 9.60. The van der Waals surface area contributed by atoms with Crippen LogP contribution >= 0.6 is 24.0 Å². The minimum absolute atomic E-state index is 0.